The maximum Gasteiger partial charge on any atom is 0.241 e. The molecule has 1 fully saturated rings. The molecule has 7 nitrogen and oxygen atoms in total. The quantitative estimate of drug-likeness (QED) is 0.808. The van der Waals surface area contributed by atoms with Crippen molar-refractivity contribution in [2.24, 2.45) is 7.05 Å². The highest BCUT2D eigenvalue weighted by Crippen LogP contribution is 2.25. The summed E-state index contributed by atoms with van der Waals surface area (Å²) in [4.78, 5) is 14.8. The fourth-order valence-corrected chi connectivity index (χ4v) is 4.61. The van der Waals surface area contributed by atoms with Gasteiger partial charge in [0.1, 0.15) is 6.04 Å². The smallest absolute Gasteiger partial charge is 0.241 e. The van der Waals surface area contributed by atoms with Gasteiger partial charge in [-0.1, -0.05) is 12.5 Å². The van der Waals surface area contributed by atoms with Gasteiger partial charge in [-0.3, -0.25) is 9.48 Å². The molecule has 2 aliphatic heterocycles. The number of rotatable bonds is 3. The number of hydrogen-bond acceptors (Lipinski definition) is 4. The monoisotopic (exact) mass is 352 g/mol. The Bertz CT molecular complexity index is 753. The average Bonchev–Trinajstić information content (AvgIpc) is 3.00. The number of nitrogens with zero attached hydrogens (tertiary/aromatic N) is 4. The minimum absolute atomic E-state index is 0.0744. The van der Waals surface area contributed by atoms with Crippen LogP contribution in [0.5, 0.6) is 0 Å². The molecule has 0 aliphatic carbocycles. The maximum atomic E-state index is 13.0. The molecule has 1 aromatic heterocycles. The number of piperidine rings is 1. The Kier molecular flexibility index (Phi) is 4.78. The highest BCUT2D eigenvalue weighted by Gasteiger charge is 2.37. The first-order chi connectivity index (χ1) is 11.4. The zero-order valence-electron chi connectivity index (χ0n) is 14.2. The number of aryl methyl sites for hydroxylation is 1. The Balaban J connectivity index is 1.76. The Labute approximate surface area is 143 Å². The summed E-state index contributed by atoms with van der Waals surface area (Å²) >= 11 is 0. The van der Waals surface area contributed by atoms with Gasteiger partial charge in [0.15, 0.2) is 0 Å². The molecule has 1 saturated heterocycles. The molecule has 0 bridgehead atoms. The van der Waals surface area contributed by atoms with Crippen LogP contribution in [0.25, 0.3) is 5.57 Å². The zero-order chi connectivity index (χ0) is 17.3. The van der Waals surface area contributed by atoms with Gasteiger partial charge >= 0.3 is 0 Å². The van der Waals surface area contributed by atoms with Crippen molar-refractivity contribution in [3.63, 3.8) is 0 Å². The summed E-state index contributed by atoms with van der Waals surface area (Å²) in [7, 11) is -1.50. The van der Waals surface area contributed by atoms with Gasteiger partial charge in [-0.25, -0.2) is 8.42 Å². The molecule has 0 spiro atoms. The molecular weight excluding hydrogens is 328 g/mol. The molecule has 3 heterocycles. The lowest BCUT2D eigenvalue weighted by Gasteiger charge is -2.37. The summed E-state index contributed by atoms with van der Waals surface area (Å²) in [6, 6.07) is -0.554. The van der Waals surface area contributed by atoms with E-state index >= 15 is 0 Å². The van der Waals surface area contributed by atoms with Crippen molar-refractivity contribution in [2.45, 2.75) is 31.7 Å². The van der Waals surface area contributed by atoms with Crippen LogP contribution in [0.4, 0.5) is 0 Å². The van der Waals surface area contributed by atoms with Crippen molar-refractivity contribution >= 4 is 21.5 Å². The minimum atomic E-state index is -3.36. The highest BCUT2D eigenvalue weighted by atomic mass is 32.2. The number of aromatic nitrogens is 2. The van der Waals surface area contributed by atoms with Crippen LogP contribution in [0.15, 0.2) is 18.5 Å². The van der Waals surface area contributed by atoms with Gasteiger partial charge in [0.2, 0.25) is 15.9 Å². The van der Waals surface area contributed by atoms with E-state index < -0.39 is 16.1 Å². The largest absolute Gasteiger partial charge is 0.337 e. The Morgan fingerprint density at radius 2 is 2.08 bits per heavy atom. The lowest BCUT2D eigenvalue weighted by atomic mass is 10.0. The van der Waals surface area contributed by atoms with Crippen LogP contribution in [0.1, 0.15) is 31.2 Å². The number of carbonyl (C=O) groups excluding carboxylic acids is 1. The first-order valence-electron chi connectivity index (χ1n) is 8.30. The van der Waals surface area contributed by atoms with Crippen LogP contribution >= 0.6 is 0 Å². The van der Waals surface area contributed by atoms with E-state index in [0.717, 1.165) is 30.4 Å². The molecule has 132 valence electrons. The molecular formula is C16H24N4O3S. The summed E-state index contributed by atoms with van der Waals surface area (Å²) in [5.41, 5.74) is 2.09. The maximum absolute atomic E-state index is 13.0. The van der Waals surface area contributed by atoms with Crippen molar-refractivity contribution in [3.05, 3.63) is 24.0 Å². The van der Waals surface area contributed by atoms with Gasteiger partial charge in [-0.2, -0.15) is 9.40 Å². The van der Waals surface area contributed by atoms with E-state index in [9.17, 15) is 13.2 Å². The normalized spacial score (nSPS) is 23.2. The van der Waals surface area contributed by atoms with Crippen LogP contribution in [0.2, 0.25) is 0 Å². The summed E-state index contributed by atoms with van der Waals surface area (Å²) in [6.45, 7) is 1.59. The summed E-state index contributed by atoms with van der Waals surface area (Å²) in [5.74, 6) is -0.0744. The topological polar surface area (TPSA) is 75.5 Å². The third-order valence-electron chi connectivity index (χ3n) is 4.70. The predicted molar refractivity (Wildman–Crippen MR) is 91.6 cm³/mol. The van der Waals surface area contributed by atoms with Crippen molar-refractivity contribution in [1.82, 2.24) is 19.0 Å². The predicted octanol–water partition coefficient (Wildman–Crippen LogP) is 0.850. The summed E-state index contributed by atoms with van der Waals surface area (Å²) < 4.78 is 27.1. The molecule has 8 heteroatoms. The molecule has 1 amide bonds. The van der Waals surface area contributed by atoms with E-state index in [0.29, 0.717) is 26.1 Å². The third-order valence-corrected chi connectivity index (χ3v) is 5.99. The van der Waals surface area contributed by atoms with Crippen LogP contribution < -0.4 is 0 Å². The zero-order valence-corrected chi connectivity index (χ0v) is 15.0. The van der Waals surface area contributed by atoms with Crippen LogP contribution in [0.3, 0.4) is 0 Å². The standard InChI is InChI=1S/C16H24N4O3S/c1-18-11-14(10-17-18)13-6-5-8-19(12-13)16(21)15-7-3-4-9-20(15)24(2,22)23/h6,10-11,15H,3-5,7-9,12H2,1-2H3. The Morgan fingerprint density at radius 1 is 1.29 bits per heavy atom. The SMILES string of the molecule is Cn1cc(C2=CCCN(C(=O)C3CCCCN3S(C)(=O)=O)C2)cn1. The van der Waals surface area contributed by atoms with Crippen molar-refractivity contribution in [1.29, 1.82) is 0 Å². The van der Waals surface area contributed by atoms with Gasteiger partial charge in [-0.05, 0) is 24.8 Å². The number of carbonyl (C=O) groups is 1. The third kappa shape index (κ3) is 3.54. The lowest BCUT2D eigenvalue weighted by Crippen LogP contribution is -2.53. The fraction of sp³-hybridized carbons (Fsp3) is 0.625. The molecule has 0 aromatic carbocycles. The van der Waals surface area contributed by atoms with E-state index in [2.05, 4.69) is 11.2 Å². The van der Waals surface area contributed by atoms with Crippen molar-refractivity contribution in [3.8, 4) is 0 Å². The van der Waals surface area contributed by atoms with Gasteiger partial charge in [0, 0.05) is 38.4 Å². The molecule has 1 aromatic rings. The van der Waals surface area contributed by atoms with Crippen molar-refractivity contribution < 1.29 is 13.2 Å². The second-order valence-corrected chi connectivity index (χ2v) is 8.50. The Morgan fingerprint density at radius 3 is 2.75 bits per heavy atom. The summed E-state index contributed by atoms with van der Waals surface area (Å²) in [6.07, 6.45) is 10.1. The molecule has 0 radical (unpaired) electrons. The van der Waals surface area contributed by atoms with Crippen molar-refractivity contribution in [2.75, 3.05) is 25.9 Å². The number of amides is 1. The minimum Gasteiger partial charge on any atom is -0.337 e. The summed E-state index contributed by atoms with van der Waals surface area (Å²) in [5, 5.41) is 4.18. The van der Waals surface area contributed by atoms with Gasteiger partial charge in [0.25, 0.3) is 0 Å². The molecule has 0 saturated carbocycles. The van der Waals surface area contributed by atoms with Gasteiger partial charge in [0.05, 0.1) is 12.5 Å². The molecule has 24 heavy (non-hydrogen) atoms. The van der Waals surface area contributed by atoms with E-state index in [1.54, 1.807) is 15.8 Å². The van der Waals surface area contributed by atoms with Crippen LogP contribution in [-0.2, 0) is 21.9 Å². The molecule has 3 rings (SSSR count). The molecule has 0 N–H and O–H groups in total. The lowest BCUT2D eigenvalue weighted by molar-refractivity contribution is -0.135. The second-order valence-electron chi connectivity index (χ2n) is 6.57. The van der Waals surface area contributed by atoms with Crippen LogP contribution in [0, 0.1) is 0 Å². The van der Waals surface area contributed by atoms with E-state index in [4.69, 9.17) is 0 Å². The van der Waals surface area contributed by atoms with Gasteiger partial charge in [-0.15, -0.1) is 0 Å². The first kappa shape index (κ1) is 17.2. The molecule has 1 atom stereocenters. The number of sulfonamides is 1. The second kappa shape index (κ2) is 6.68. The van der Waals surface area contributed by atoms with Crippen LogP contribution in [-0.4, -0.2) is 65.2 Å². The number of hydrogen-bond donors (Lipinski definition) is 0. The first-order valence-corrected chi connectivity index (χ1v) is 10.1. The van der Waals surface area contributed by atoms with Gasteiger partial charge < -0.3 is 4.90 Å². The average molecular weight is 352 g/mol. The Hall–Kier alpha value is -1.67. The molecule has 1 unspecified atom stereocenters. The van der Waals surface area contributed by atoms with E-state index in [1.165, 1.54) is 10.6 Å². The van der Waals surface area contributed by atoms with E-state index in [1.807, 2.05) is 13.2 Å². The fourth-order valence-electron chi connectivity index (χ4n) is 3.49. The van der Waals surface area contributed by atoms with E-state index in [-0.39, 0.29) is 5.91 Å². The molecule has 2 aliphatic rings. The highest BCUT2D eigenvalue weighted by molar-refractivity contribution is 7.88.